The van der Waals surface area contributed by atoms with Gasteiger partial charge < -0.3 is 15.4 Å². The molecule has 2 aromatic heterocycles. The third-order valence-corrected chi connectivity index (χ3v) is 8.04. The first kappa shape index (κ1) is 28.8. The molecule has 0 atom stereocenters. The van der Waals surface area contributed by atoms with Crippen molar-refractivity contribution >= 4 is 56.1 Å². The first-order chi connectivity index (χ1) is 18.6. The van der Waals surface area contributed by atoms with Crippen molar-refractivity contribution in [3.63, 3.8) is 0 Å². The standard InChI is InChI=1S/C24H30ClFN8O4S/c1-34(13-21(35)38-2)9-10-39(36,37)33-16-5-3-15(4-6-16)31-24-27-12-20-22(32-24)23(29-14-28-20)30-17-7-8-19(26)18(25)11-17/h7-8,11-12,14-16,33H,3-6,9-10,13H2,1-2H3,(H,27,31,32)(H,28,29,30). The summed E-state index contributed by atoms with van der Waals surface area (Å²) >= 11 is 5.89. The second-order valence-corrected chi connectivity index (χ2v) is 11.6. The fourth-order valence-corrected chi connectivity index (χ4v) is 5.81. The number of rotatable bonds is 11. The van der Waals surface area contributed by atoms with E-state index in [0.717, 1.165) is 12.8 Å². The maximum atomic E-state index is 13.5. The largest absolute Gasteiger partial charge is 0.468 e. The van der Waals surface area contributed by atoms with Gasteiger partial charge in [-0.2, -0.15) is 0 Å². The molecule has 4 rings (SSSR count). The van der Waals surface area contributed by atoms with Crippen molar-refractivity contribution in [1.29, 1.82) is 0 Å². The number of nitrogens with one attached hydrogen (secondary N) is 3. The highest BCUT2D eigenvalue weighted by Gasteiger charge is 2.26. The number of ether oxygens (including phenoxy) is 1. The van der Waals surface area contributed by atoms with Gasteiger partial charge in [0.05, 0.1) is 30.6 Å². The summed E-state index contributed by atoms with van der Waals surface area (Å²) in [5.74, 6) is -0.221. The molecular weight excluding hydrogens is 551 g/mol. The average molecular weight is 581 g/mol. The third kappa shape index (κ3) is 8.14. The van der Waals surface area contributed by atoms with E-state index >= 15 is 0 Å². The van der Waals surface area contributed by atoms with Crippen molar-refractivity contribution < 1.29 is 22.3 Å². The predicted octanol–water partition coefficient (Wildman–Crippen LogP) is 2.70. The number of aromatic nitrogens is 4. The molecule has 0 radical (unpaired) electrons. The van der Waals surface area contributed by atoms with Gasteiger partial charge in [-0.1, -0.05) is 11.6 Å². The molecule has 1 aliphatic carbocycles. The lowest BCUT2D eigenvalue weighted by atomic mass is 9.92. The number of carbonyl (C=O) groups is 1. The molecule has 39 heavy (non-hydrogen) atoms. The van der Waals surface area contributed by atoms with E-state index < -0.39 is 21.8 Å². The third-order valence-electron chi connectivity index (χ3n) is 6.33. The molecule has 1 aliphatic rings. The van der Waals surface area contributed by atoms with Crippen LogP contribution in [0.15, 0.2) is 30.7 Å². The molecular formula is C24H30ClFN8O4S. The first-order valence-corrected chi connectivity index (χ1v) is 14.4. The number of hydrogen-bond acceptors (Lipinski definition) is 11. The van der Waals surface area contributed by atoms with Crippen molar-refractivity contribution in [2.24, 2.45) is 0 Å². The number of sulfonamides is 1. The van der Waals surface area contributed by atoms with E-state index in [1.54, 1.807) is 24.2 Å². The topological polar surface area (TPSA) is 151 Å². The average Bonchev–Trinajstić information content (AvgIpc) is 2.91. The van der Waals surface area contributed by atoms with Gasteiger partial charge >= 0.3 is 5.97 Å². The Morgan fingerprint density at radius 3 is 2.64 bits per heavy atom. The number of likely N-dealkylation sites (N-methyl/N-ethyl adjacent to an activating group) is 1. The van der Waals surface area contributed by atoms with Gasteiger partial charge in [0.1, 0.15) is 23.2 Å². The number of esters is 1. The highest BCUT2D eigenvalue weighted by atomic mass is 35.5. The normalized spacial score (nSPS) is 17.8. The second kappa shape index (κ2) is 12.8. The van der Waals surface area contributed by atoms with Crippen molar-refractivity contribution in [1.82, 2.24) is 29.6 Å². The summed E-state index contributed by atoms with van der Waals surface area (Å²) in [4.78, 5) is 30.4. The number of nitrogens with zero attached hydrogens (tertiary/aromatic N) is 5. The van der Waals surface area contributed by atoms with E-state index in [2.05, 4.69) is 40.0 Å². The number of methoxy groups -OCH3 is 1. The minimum absolute atomic E-state index is 0.0147. The van der Waals surface area contributed by atoms with Crippen molar-refractivity contribution in [2.75, 3.05) is 43.6 Å². The van der Waals surface area contributed by atoms with Crippen LogP contribution in [-0.2, 0) is 19.6 Å². The zero-order valence-corrected chi connectivity index (χ0v) is 23.1. The molecule has 15 heteroatoms. The lowest BCUT2D eigenvalue weighted by molar-refractivity contribution is -0.141. The van der Waals surface area contributed by atoms with Crippen molar-refractivity contribution in [2.45, 2.75) is 37.8 Å². The van der Waals surface area contributed by atoms with Crippen LogP contribution >= 0.6 is 11.6 Å². The zero-order chi connectivity index (χ0) is 28.0. The SMILES string of the molecule is COC(=O)CN(C)CCS(=O)(=O)NC1CCC(Nc2ncc3ncnc(Nc4ccc(F)c(Cl)c4)c3n2)CC1. The Kier molecular flexibility index (Phi) is 9.43. The van der Waals surface area contributed by atoms with Gasteiger partial charge in [0.2, 0.25) is 16.0 Å². The maximum Gasteiger partial charge on any atom is 0.319 e. The molecule has 3 aromatic rings. The maximum absolute atomic E-state index is 13.5. The summed E-state index contributed by atoms with van der Waals surface area (Å²) in [6.07, 6.45) is 5.73. The summed E-state index contributed by atoms with van der Waals surface area (Å²) < 4.78 is 45.9. The summed E-state index contributed by atoms with van der Waals surface area (Å²) in [6.45, 7) is 0.249. The molecule has 1 aromatic carbocycles. The number of hydrogen-bond donors (Lipinski definition) is 3. The first-order valence-electron chi connectivity index (χ1n) is 12.3. The van der Waals surface area contributed by atoms with Gasteiger partial charge in [0.15, 0.2) is 5.82 Å². The molecule has 2 heterocycles. The highest BCUT2D eigenvalue weighted by molar-refractivity contribution is 7.89. The predicted molar refractivity (Wildman–Crippen MR) is 146 cm³/mol. The Morgan fingerprint density at radius 2 is 1.92 bits per heavy atom. The summed E-state index contributed by atoms with van der Waals surface area (Å²) in [6, 6.07) is 4.16. The molecule has 0 unspecified atom stereocenters. The van der Waals surface area contributed by atoms with Crippen LogP contribution in [0.3, 0.4) is 0 Å². The van der Waals surface area contributed by atoms with E-state index in [4.69, 9.17) is 11.6 Å². The van der Waals surface area contributed by atoms with Gasteiger partial charge in [0, 0.05) is 24.3 Å². The molecule has 210 valence electrons. The molecule has 12 nitrogen and oxygen atoms in total. The van der Waals surface area contributed by atoms with Crippen LogP contribution in [0.1, 0.15) is 25.7 Å². The van der Waals surface area contributed by atoms with E-state index in [0.29, 0.717) is 41.3 Å². The number of benzene rings is 1. The van der Waals surface area contributed by atoms with Crippen molar-refractivity contribution in [3.8, 4) is 0 Å². The van der Waals surface area contributed by atoms with Crippen LogP contribution < -0.4 is 15.4 Å². The van der Waals surface area contributed by atoms with Gasteiger partial charge in [-0.25, -0.2) is 37.5 Å². The monoisotopic (exact) mass is 580 g/mol. The van der Waals surface area contributed by atoms with Gasteiger partial charge in [-0.05, 0) is 50.9 Å². The number of halogens is 2. The van der Waals surface area contributed by atoms with Gasteiger partial charge in [-0.15, -0.1) is 0 Å². The second-order valence-electron chi connectivity index (χ2n) is 9.35. The van der Waals surface area contributed by atoms with Crippen molar-refractivity contribution in [3.05, 3.63) is 41.6 Å². The van der Waals surface area contributed by atoms with Crippen LogP contribution in [0.2, 0.25) is 5.02 Å². The lowest BCUT2D eigenvalue weighted by Gasteiger charge is -2.29. The van der Waals surface area contributed by atoms with Crippen LogP contribution in [-0.4, -0.2) is 84.3 Å². The van der Waals surface area contributed by atoms with E-state index in [1.165, 1.54) is 25.6 Å². The van der Waals surface area contributed by atoms with Gasteiger partial charge in [0.25, 0.3) is 0 Å². The van der Waals surface area contributed by atoms with E-state index in [-0.39, 0.29) is 35.9 Å². The van der Waals surface area contributed by atoms with Crippen LogP contribution in [0.5, 0.6) is 0 Å². The van der Waals surface area contributed by atoms with E-state index in [1.807, 2.05) is 0 Å². The minimum atomic E-state index is -3.49. The van der Waals surface area contributed by atoms with E-state index in [9.17, 15) is 17.6 Å². The molecule has 0 bridgehead atoms. The smallest absolute Gasteiger partial charge is 0.319 e. The van der Waals surface area contributed by atoms with Gasteiger partial charge in [-0.3, -0.25) is 9.69 Å². The summed E-state index contributed by atoms with van der Waals surface area (Å²) in [7, 11) is -0.533. The quantitative estimate of drug-likeness (QED) is 0.287. The molecule has 0 spiro atoms. The highest BCUT2D eigenvalue weighted by Crippen LogP contribution is 2.26. The minimum Gasteiger partial charge on any atom is -0.468 e. The van der Waals surface area contributed by atoms with Crippen LogP contribution in [0, 0.1) is 5.82 Å². The van der Waals surface area contributed by atoms with Crippen LogP contribution in [0.4, 0.5) is 21.8 Å². The molecule has 1 saturated carbocycles. The molecule has 3 N–H and O–H groups in total. The Bertz CT molecular complexity index is 1420. The summed E-state index contributed by atoms with van der Waals surface area (Å²) in [5.41, 5.74) is 1.56. The Balaban J connectivity index is 1.32. The number of anilines is 3. The summed E-state index contributed by atoms with van der Waals surface area (Å²) in [5, 5.41) is 6.40. The Morgan fingerprint density at radius 1 is 1.18 bits per heavy atom. The molecule has 0 saturated heterocycles. The number of fused-ring (bicyclic) bond motifs is 1. The molecule has 0 aliphatic heterocycles. The molecule has 0 amide bonds. The Labute approximate surface area is 230 Å². The molecule has 1 fully saturated rings. The fourth-order valence-electron chi connectivity index (χ4n) is 4.22. The number of carbonyl (C=O) groups excluding carboxylic acids is 1. The van der Waals surface area contributed by atoms with Crippen LogP contribution in [0.25, 0.3) is 11.0 Å². The zero-order valence-electron chi connectivity index (χ0n) is 21.5. The fraction of sp³-hybridized carbons (Fsp3) is 0.458. The lowest BCUT2D eigenvalue weighted by Crippen LogP contribution is -2.43. The Hall–Kier alpha value is -3.20.